The predicted molar refractivity (Wildman–Crippen MR) is 78.2 cm³/mol. The number of hydrogen-bond donors (Lipinski definition) is 3. The fraction of sp³-hybridized carbons (Fsp3) is 0.800. The van der Waals surface area contributed by atoms with Crippen LogP contribution in [0.3, 0.4) is 0 Å². The molecule has 0 radical (unpaired) electrons. The van der Waals surface area contributed by atoms with Crippen molar-refractivity contribution in [2.24, 2.45) is 0 Å². The Morgan fingerprint density at radius 2 is 1.42 bits per heavy atom. The average molecular weight is 358 g/mol. The van der Waals surface area contributed by atoms with E-state index in [1.165, 1.54) is 32.1 Å². The Bertz CT molecular complexity index is 281. The molecule has 0 aliphatic carbocycles. The quantitative estimate of drug-likeness (QED) is 0.343. The summed E-state index contributed by atoms with van der Waals surface area (Å²) in [5.41, 5.74) is 0. The molecule has 0 atom stereocenters. The van der Waals surface area contributed by atoms with Gasteiger partial charge in [0.2, 0.25) is 5.22 Å². The highest BCUT2D eigenvalue weighted by Crippen LogP contribution is 2.25. The van der Waals surface area contributed by atoms with Gasteiger partial charge in [-0.2, -0.15) is 0 Å². The molecule has 0 unspecified atom stereocenters. The molecule has 3 N–H and O–H groups in total. The van der Waals surface area contributed by atoms with Crippen LogP contribution in [0.25, 0.3) is 0 Å². The van der Waals surface area contributed by atoms with Crippen molar-refractivity contribution >= 4 is 42.6 Å². The normalized spacial score (nSPS) is 10.5. The Kier molecular flexibility index (Phi) is 15.5. The first-order chi connectivity index (χ1) is 8.68. The minimum atomic E-state index is -4.64. The summed E-state index contributed by atoms with van der Waals surface area (Å²) in [5, 5.41) is 0.0990. The van der Waals surface area contributed by atoms with E-state index < -0.39 is 7.82 Å². The third kappa shape index (κ3) is 27.7. The molecule has 9 heteroatoms. The lowest BCUT2D eigenvalue weighted by atomic mass is 10.1. The molecule has 0 fully saturated rings. The maximum Gasteiger partial charge on any atom is 0.466 e. The van der Waals surface area contributed by atoms with E-state index in [0.717, 1.165) is 6.42 Å². The molecule has 19 heavy (non-hydrogen) atoms. The first-order valence-electron chi connectivity index (χ1n) is 5.80. The maximum absolute atomic E-state index is 8.88. The number of hydrogen-bond acceptors (Lipinski definition) is 2. The second kappa shape index (κ2) is 13.5. The molecule has 0 amide bonds. The molecule has 0 bridgehead atoms. The fourth-order valence-electron chi connectivity index (χ4n) is 1.10. The molecular weight excluding hydrogens is 337 g/mol. The van der Waals surface area contributed by atoms with E-state index >= 15 is 0 Å². The summed E-state index contributed by atoms with van der Waals surface area (Å²) in [6.45, 7) is 2.80. The van der Waals surface area contributed by atoms with Crippen molar-refractivity contribution in [1.29, 1.82) is 0 Å². The molecule has 0 aliphatic rings. The number of unbranched alkanes of at least 4 members (excludes halogenated alkanes) is 5. The van der Waals surface area contributed by atoms with Crippen molar-refractivity contribution < 1.29 is 24.0 Å². The molecule has 0 saturated carbocycles. The summed E-state index contributed by atoms with van der Waals surface area (Å²) in [6, 6.07) is 0. The summed E-state index contributed by atoms with van der Waals surface area (Å²) < 4.78 is 14.0. The van der Waals surface area contributed by atoms with Gasteiger partial charge < -0.3 is 19.4 Å². The number of halogens is 3. The molecule has 5 nitrogen and oxygen atoms in total. The second-order valence-electron chi connectivity index (χ2n) is 3.66. The van der Waals surface area contributed by atoms with E-state index in [4.69, 9.17) is 58.8 Å². The molecular formula is C10H20Cl3O5P. The molecule has 0 aliphatic heterocycles. The van der Waals surface area contributed by atoms with Gasteiger partial charge in [-0.25, -0.2) is 4.57 Å². The third-order valence-corrected chi connectivity index (χ3v) is 2.71. The van der Waals surface area contributed by atoms with E-state index in [-0.39, 0.29) is 9.71 Å². The largest absolute Gasteiger partial charge is 0.481 e. The van der Waals surface area contributed by atoms with Gasteiger partial charge in [0.1, 0.15) is 0 Å². The van der Waals surface area contributed by atoms with E-state index in [2.05, 4.69) is 6.92 Å². The predicted octanol–water partition coefficient (Wildman–Crippen LogP) is 4.28. The van der Waals surface area contributed by atoms with Crippen molar-refractivity contribution in [2.75, 3.05) is 6.61 Å². The van der Waals surface area contributed by atoms with Gasteiger partial charge in [0.25, 0.3) is 0 Å². The third-order valence-electron chi connectivity index (χ3n) is 1.88. The van der Waals surface area contributed by atoms with Gasteiger partial charge in [0.05, 0.1) is 6.61 Å². The first-order valence-corrected chi connectivity index (χ1v) is 8.50. The van der Waals surface area contributed by atoms with Gasteiger partial charge in [-0.15, -0.1) is 0 Å². The average Bonchev–Trinajstić information content (AvgIpc) is 2.25. The highest BCUT2D eigenvalue weighted by molar-refractivity contribution is 7.45. The zero-order valence-electron chi connectivity index (χ0n) is 10.7. The van der Waals surface area contributed by atoms with E-state index in [1.807, 2.05) is 0 Å². The molecule has 0 aromatic rings. The smallest absolute Gasteiger partial charge is 0.466 e. The Hall–Kier alpha value is 0.520. The van der Waals surface area contributed by atoms with Crippen LogP contribution in [0.2, 0.25) is 0 Å². The van der Waals surface area contributed by atoms with Crippen molar-refractivity contribution in [3.63, 3.8) is 0 Å². The van der Waals surface area contributed by atoms with Crippen molar-refractivity contribution in [3.8, 4) is 0 Å². The standard InChI is InChI=1S/C10H17Cl3O.H3O4P/c1-2-3-4-5-6-7-8-14-10(13)9(11)12;1-5(2,3)4/h2-8H2,1H3;(H3,1,2,3,4). The monoisotopic (exact) mass is 356 g/mol. The highest BCUT2D eigenvalue weighted by atomic mass is 35.5. The van der Waals surface area contributed by atoms with Crippen LogP contribution >= 0.6 is 42.6 Å². The van der Waals surface area contributed by atoms with E-state index in [1.54, 1.807) is 0 Å². The Labute approximate surface area is 128 Å². The summed E-state index contributed by atoms with van der Waals surface area (Å²) in [7, 11) is -4.64. The molecule has 0 aromatic heterocycles. The number of phosphoric acid groups is 1. The van der Waals surface area contributed by atoms with Crippen LogP contribution in [0.4, 0.5) is 0 Å². The Balaban J connectivity index is 0. The minimum Gasteiger partial charge on any atom is -0.481 e. The van der Waals surface area contributed by atoms with Crippen LogP contribution < -0.4 is 0 Å². The molecule has 116 valence electrons. The zero-order chi connectivity index (χ0) is 15.3. The van der Waals surface area contributed by atoms with Gasteiger partial charge in [-0.3, -0.25) is 0 Å². The van der Waals surface area contributed by atoms with Crippen LogP contribution in [-0.4, -0.2) is 21.3 Å². The lowest BCUT2D eigenvalue weighted by Crippen LogP contribution is -1.91. The van der Waals surface area contributed by atoms with E-state index in [9.17, 15) is 0 Å². The minimum absolute atomic E-state index is 0.00218. The van der Waals surface area contributed by atoms with Crippen LogP contribution in [0, 0.1) is 0 Å². The number of rotatable bonds is 8. The van der Waals surface area contributed by atoms with Gasteiger partial charge in [-0.05, 0) is 18.0 Å². The van der Waals surface area contributed by atoms with Gasteiger partial charge >= 0.3 is 7.82 Å². The lowest BCUT2D eigenvalue weighted by molar-refractivity contribution is 0.228. The summed E-state index contributed by atoms with van der Waals surface area (Å²) in [6.07, 6.45) is 7.32. The van der Waals surface area contributed by atoms with Gasteiger partial charge in [0, 0.05) is 0 Å². The van der Waals surface area contributed by atoms with Crippen LogP contribution in [0.15, 0.2) is 9.71 Å². The van der Waals surface area contributed by atoms with Gasteiger partial charge in [-0.1, -0.05) is 62.2 Å². The zero-order valence-corrected chi connectivity index (χ0v) is 13.9. The summed E-state index contributed by atoms with van der Waals surface area (Å²) in [4.78, 5) is 21.6. The Morgan fingerprint density at radius 1 is 1.00 bits per heavy atom. The van der Waals surface area contributed by atoms with Crippen molar-refractivity contribution in [3.05, 3.63) is 9.71 Å². The molecule has 0 spiro atoms. The van der Waals surface area contributed by atoms with Gasteiger partial charge in [0.15, 0.2) is 4.49 Å². The van der Waals surface area contributed by atoms with Crippen LogP contribution in [0.5, 0.6) is 0 Å². The maximum atomic E-state index is 8.88. The van der Waals surface area contributed by atoms with Crippen molar-refractivity contribution in [1.82, 2.24) is 0 Å². The molecule has 0 rings (SSSR count). The summed E-state index contributed by atoms with van der Waals surface area (Å²) in [5.74, 6) is 0. The highest BCUT2D eigenvalue weighted by Gasteiger charge is 2.00. The SMILES string of the molecule is CCCCCCCCOC(Cl)=C(Cl)Cl.O=P(O)(O)O. The molecule has 0 aromatic carbocycles. The molecule has 0 saturated heterocycles. The summed E-state index contributed by atoms with van der Waals surface area (Å²) >= 11 is 16.4. The van der Waals surface area contributed by atoms with Crippen LogP contribution in [0.1, 0.15) is 45.4 Å². The Morgan fingerprint density at radius 3 is 1.84 bits per heavy atom. The van der Waals surface area contributed by atoms with E-state index in [0.29, 0.717) is 6.61 Å². The topological polar surface area (TPSA) is 87.0 Å². The first kappa shape index (κ1) is 21.8. The number of ether oxygens (including phenoxy) is 1. The second-order valence-corrected chi connectivity index (χ2v) is 5.98. The fourth-order valence-corrected chi connectivity index (χ4v) is 1.28. The van der Waals surface area contributed by atoms with Crippen molar-refractivity contribution in [2.45, 2.75) is 45.4 Å². The van der Waals surface area contributed by atoms with Crippen LogP contribution in [-0.2, 0) is 9.30 Å². The lowest BCUT2D eigenvalue weighted by Gasteiger charge is -2.04. The molecule has 0 heterocycles.